The van der Waals surface area contributed by atoms with Gasteiger partial charge in [0.1, 0.15) is 0 Å². The van der Waals surface area contributed by atoms with Crippen molar-refractivity contribution in [3.8, 4) is 11.4 Å². The fraction of sp³-hybridized carbons (Fsp3) is 0.151. The zero-order valence-electron chi connectivity index (χ0n) is 39.8. The van der Waals surface area contributed by atoms with Gasteiger partial charge in [0.2, 0.25) is 9.23 Å². The molecule has 11 nitrogen and oxygen atoms in total. The Morgan fingerprint density at radius 2 is 1.06 bits per heavy atom. The summed E-state index contributed by atoms with van der Waals surface area (Å²) in [7, 11) is 7.36. The molecule has 0 fully saturated rings. The van der Waals surface area contributed by atoms with Gasteiger partial charge in [-0.25, -0.2) is 19.0 Å². The van der Waals surface area contributed by atoms with Crippen molar-refractivity contribution in [2.45, 2.75) is 54.9 Å². The van der Waals surface area contributed by atoms with Crippen LogP contribution in [0.15, 0.2) is 151 Å². The van der Waals surface area contributed by atoms with Crippen molar-refractivity contribution >= 4 is 132 Å². The summed E-state index contributed by atoms with van der Waals surface area (Å²) in [6.45, 7) is 14.1. The number of aromatic nitrogens is 4. The van der Waals surface area contributed by atoms with Crippen LogP contribution < -0.4 is 11.5 Å². The minimum atomic E-state index is -1.67. The van der Waals surface area contributed by atoms with Gasteiger partial charge in [0.25, 0.3) is 5.24 Å². The van der Waals surface area contributed by atoms with Gasteiger partial charge in [-0.05, 0) is 229 Å². The van der Waals surface area contributed by atoms with E-state index in [1.54, 1.807) is 49.3 Å². The van der Waals surface area contributed by atoms with Crippen LogP contribution in [-0.4, -0.2) is 45.4 Å². The molecule has 0 saturated heterocycles. The highest BCUT2D eigenvalue weighted by atomic mass is 127. The first-order valence-corrected chi connectivity index (χ1v) is 27.3. The lowest BCUT2D eigenvalue weighted by Crippen LogP contribution is -2.05. The first-order valence-electron chi connectivity index (χ1n) is 21.2. The van der Waals surface area contributed by atoms with Crippen LogP contribution in [-0.2, 0) is 15.6 Å². The molecule has 2 aromatic heterocycles. The number of nitrogens with zero attached hydrogens (tertiary/aromatic N) is 4. The Balaban J connectivity index is 0.000000241. The van der Waals surface area contributed by atoms with Crippen molar-refractivity contribution in [1.82, 2.24) is 19.1 Å². The number of carboxylic acid groups (broad SMARTS) is 1. The number of benzene rings is 6. The molecule has 0 atom stereocenters. The summed E-state index contributed by atoms with van der Waals surface area (Å²) < 4.78 is 16.1. The molecule has 0 aliphatic rings. The quantitative estimate of drug-likeness (QED) is 0.0607. The number of nitrogen functional groups attached to an aromatic ring is 2. The molecule has 372 valence electrons. The van der Waals surface area contributed by atoms with Gasteiger partial charge >= 0.3 is 5.97 Å². The predicted octanol–water partition coefficient (Wildman–Crippen LogP) is 14.6. The van der Waals surface area contributed by atoms with E-state index in [9.17, 15) is 14.4 Å². The molecule has 0 saturated carbocycles. The molecule has 6 aromatic carbocycles. The van der Waals surface area contributed by atoms with Gasteiger partial charge in [0.05, 0.1) is 18.2 Å². The molecule has 5 N–H and O–H groups in total. The molecule has 0 amide bonds. The SMILES string of the molecule is Cc1cc(CC(=O)c2ccc(C)c(C)c2)cc(-n2ccnc2)c1.Cc1cc(N)cc(-n2ccnc2)c1.Cc1cc(N)cc(Br)c1.Cc1ccc(C(=O)Cl)cc1I.Cc1ccc(C(=O)O)cc1I.O=S(Cl)Cl. The molecule has 2 heterocycles. The van der Waals surface area contributed by atoms with Crippen LogP contribution in [0, 0.1) is 55.6 Å². The minimum Gasteiger partial charge on any atom is -0.478 e. The number of ketones is 1. The normalized spacial score (nSPS) is 10.1. The van der Waals surface area contributed by atoms with Crippen LogP contribution in [0.3, 0.4) is 0 Å². The van der Waals surface area contributed by atoms with Crippen LogP contribution >= 0.6 is 94.1 Å². The third-order valence-electron chi connectivity index (χ3n) is 9.89. The number of Topliss-reactive ketones (excluding diaryl/α,β-unsaturated/α-hetero) is 1. The summed E-state index contributed by atoms with van der Waals surface area (Å²) in [5, 5.41) is 8.20. The van der Waals surface area contributed by atoms with Gasteiger partial charge in [0, 0.05) is 98.1 Å². The number of halogens is 6. The van der Waals surface area contributed by atoms with E-state index >= 15 is 0 Å². The van der Waals surface area contributed by atoms with E-state index in [2.05, 4.69) is 118 Å². The van der Waals surface area contributed by atoms with Gasteiger partial charge < -0.3 is 25.7 Å². The Hall–Kier alpha value is -4.89. The highest BCUT2D eigenvalue weighted by molar-refractivity contribution is 14.1. The van der Waals surface area contributed by atoms with E-state index in [0.717, 1.165) is 73.3 Å². The Kier molecular flexibility index (Phi) is 25.7. The Morgan fingerprint density at radius 3 is 1.49 bits per heavy atom. The van der Waals surface area contributed by atoms with E-state index in [0.29, 0.717) is 17.5 Å². The third-order valence-corrected chi connectivity index (χ3v) is 12.9. The molecule has 0 radical (unpaired) electrons. The Bertz CT molecular complexity index is 2950. The fourth-order valence-electron chi connectivity index (χ4n) is 6.26. The number of imidazole rings is 2. The van der Waals surface area contributed by atoms with Crippen molar-refractivity contribution in [2.24, 2.45) is 0 Å². The topological polar surface area (TPSA) is 176 Å². The largest absolute Gasteiger partial charge is 0.478 e. The van der Waals surface area contributed by atoms with Crippen molar-refractivity contribution in [1.29, 1.82) is 0 Å². The average Bonchev–Trinajstić information content (AvgIpc) is 4.03. The van der Waals surface area contributed by atoms with E-state index in [4.69, 9.17) is 32.4 Å². The lowest BCUT2D eigenvalue weighted by Gasteiger charge is -2.09. The summed E-state index contributed by atoms with van der Waals surface area (Å²) in [5.41, 5.74) is 25.7. The number of carbonyl (C=O) groups is 3. The van der Waals surface area contributed by atoms with Gasteiger partial charge in [-0.1, -0.05) is 46.3 Å². The Morgan fingerprint density at radius 1 is 0.606 bits per heavy atom. The maximum atomic E-state index is 12.6. The highest BCUT2D eigenvalue weighted by Gasteiger charge is 2.10. The second-order valence-electron chi connectivity index (χ2n) is 15.9. The molecule has 0 bridgehead atoms. The molecule has 8 aromatic rings. The molecule has 71 heavy (non-hydrogen) atoms. The zero-order valence-corrected chi connectivity index (χ0v) is 48.7. The summed E-state index contributed by atoms with van der Waals surface area (Å²) in [4.78, 5) is 41.8. The van der Waals surface area contributed by atoms with Crippen molar-refractivity contribution in [2.75, 3.05) is 11.5 Å². The number of aromatic carboxylic acids is 1. The van der Waals surface area contributed by atoms with Crippen LogP contribution in [0.4, 0.5) is 11.4 Å². The van der Waals surface area contributed by atoms with E-state index in [-0.39, 0.29) is 5.78 Å². The molecule has 0 aliphatic carbocycles. The van der Waals surface area contributed by atoms with Gasteiger partial charge in [-0.15, -0.1) is 0 Å². The van der Waals surface area contributed by atoms with Gasteiger partial charge in [-0.3, -0.25) is 9.59 Å². The summed E-state index contributed by atoms with van der Waals surface area (Å²) in [6.07, 6.45) is 11.2. The third kappa shape index (κ3) is 22.2. The maximum Gasteiger partial charge on any atom is 0.335 e. The van der Waals surface area contributed by atoms with Crippen LogP contribution in [0.25, 0.3) is 11.4 Å². The first kappa shape index (κ1) is 60.4. The number of rotatable bonds is 7. The molecule has 0 unspecified atom stereocenters. The average molecular weight is 1330 g/mol. The number of carboxylic acids is 1. The second kappa shape index (κ2) is 30.2. The van der Waals surface area contributed by atoms with E-state index in [1.807, 2.05) is 130 Å². The number of hydrogen-bond donors (Lipinski definition) is 3. The Labute approximate surface area is 467 Å². The summed E-state index contributed by atoms with van der Waals surface area (Å²) in [6, 6.07) is 34.4. The maximum absolute atomic E-state index is 12.6. The monoisotopic (exact) mass is 1320 g/mol. The predicted molar refractivity (Wildman–Crippen MR) is 313 cm³/mol. The fourth-order valence-corrected chi connectivity index (χ4v) is 8.04. The number of anilines is 2. The second-order valence-corrected chi connectivity index (χ2v) is 22.0. The van der Waals surface area contributed by atoms with Crippen molar-refractivity contribution < 1.29 is 23.7 Å². The lowest BCUT2D eigenvalue weighted by molar-refractivity contribution is 0.0696. The minimum absolute atomic E-state index is 0.148. The molecular formula is C53H52BrCl3I2N6O5S. The molecule has 8 rings (SSSR count). The number of carbonyl (C=O) groups excluding carboxylic acids is 2. The number of aryl methyl sites for hydroxylation is 7. The van der Waals surface area contributed by atoms with Crippen LogP contribution in [0.2, 0.25) is 0 Å². The standard InChI is InChI=1S/C20H20N2O.C10H11N3.C8H6ClIO.C8H7IO2.C7H8BrN.Cl2OS/c1-14-8-17(11-19(9-14)22-7-6-21-13-22)12-20(23)18-5-4-15(2)16(3)10-18;1-8-4-9(11)6-10(5-8)13-3-2-12-7-13;1-5-2-3-6(8(9)11)4-7(5)10;1-5-2-3-6(8(10)11)4-7(5)9;1-5-2-6(8)4-7(9)3-5;1-4(2)3/h4-11,13H,12H2,1-3H3;2-7H,11H2,1H3;2-4H,1H3;2-4H,1H3,(H,10,11);2-4H,9H2,1H3;. The van der Waals surface area contributed by atoms with Crippen LogP contribution in [0.1, 0.15) is 75.6 Å². The smallest absolute Gasteiger partial charge is 0.335 e. The molecule has 0 aliphatic heterocycles. The summed E-state index contributed by atoms with van der Waals surface area (Å²) >= 11 is 12.9. The number of nitrogens with two attached hydrogens (primary N) is 2. The lowest BCUT2D eigenvalue weighted by atomic mass is 9.98. The molecule has 0 spiro atoms. The highest BCUT2D eigenvalue weighted by Crippen LogP contribution is 2.20. The number of hydrogen-bond acceptors (Lipinski definition) is 8. The zero-order chi connectivity index (χ0) is 52.9. The van der Waals surface area contributed by atoms with Gasteiger partial charge in [0.15, 0.2) is 5.78 Å². The molecular weight excluding hydrogens is 1270 g/mol. The van der Waals surface area contributed by atoms with Crippen molar-refractivity contribution in [3.05, 3.63) is 219 Å². The summed E-state index contributed by atoms with van der Waals surface area (Å²) in [5.74, 6) is -0.724. The molecule has 18 heteroatoms. The van der Waals surface area contributed by atoms with Gasteiger partial charge in [-0.2, -0.15) is 0 Å². The van der Waals surface area contributed by atoms with Crippen LogP contribution in [0.5, 0.6) is 0 Å². The first-order chi connectivity index (χ1) is 33.4. The van der Waals surface area contributed by atoms with E-state index < -0.39 is 20.4 Å². The van der Waals surface area contributed by atoms with Crippen molar-refractivity contribution in [3.63, 3.8) is 0 Å². The van der Waals surface area contributed by atoms with E-state index in [1.165, 1.54) is 11.1 Å².